The predicted molar refractivity (Wildman–Crippen MR) is 85.0 cm³/mol. The van der Waals surface area contributed by atoms with Gasteiger partial charge in [-0.05, 0) is 19.1 Å². The van der Waals surface area contributed by atoms with Gasteiger partial charge < -0.3 is 9.47 Å². The number of amides is 1. The van der Waals surface area contributed by atoms with E-state index in [2.05, 4.69) is 24.8 Å². The molecule has 0 N–H and O–H groups in total. The molecule has 1 aliphatic heterocycles. The zero-order chi connectivity index (χ0) is 16.5. The molecule has 0 aromatic carbocycles. The molecule has 0 saturated heterocycles. The minimum atomic E-state index is -0.0919. The van der Waals surface area contributed by atoms with Gasteiger partial charge in [0.1, 0.15) is 5.82 Å². The third-order valence-electron chi connectivity index (χ3n) is 4.35. The van der Waals surface area contributed by atoms with Gasteiger partial charge in [-0.3, -0.25) is 9.48 Å². The van der Waals surface area contributed by atoms with E-state index in [9.17, 15) is 4.79 Å². The lowest BCUT2D eigenvalue weighted by Crippen LogP contribution is -2.41. The zero-order valence-electron chi connectivity index (χ0n) is 13.3. The number of fused-ring (bicyclic) bond motifs is 1. The Bertz CT molecular complexity index is 841. The molecular weight excluding hydrogens is 306 g/mol. The molecule has 3 aromatic rings. The molecule has 0 spiro atoms. The standard InChI is InChI=1S/C16H17N7O/c1-12-15-17-10-14(11-21-6-2-4-20-21)23(15)8-7-22(12)16(24)13-3-5-18-19-9-13/h2-6,9-10,12H,7-8,11H2,1H3. The Kier molecular flexibility index (Phi) is 3.56. The van der Waals surface area contributed by atoms with Crippen LogP contribution < -0.4 is 0 Å². The van der Waals surface area contributed by atoms with Gasteiger partial charge in [-0.1, -0.05) is 0 Å². The Labute approximate surface area is 138 Å². The molecule has 0 saturated carbocycles. The highest BCUT2D eigenvalue weighted by molar-refractivity contribution is 5.94. The third-order valence-corrected chi connectivity index (χ3v) is 4.35. The van der Waals surface area contributed by atoms with Gasteiger partial charge in [-0.2, -0.15) is 15.3 Å². The van der Waals surface area contributed by atoms with Gasteiger partial charge in [-0.15, -0.1) is 0 Å². The molecular formula is C16H17N7O. The van der Waals surface area contributed by atoms with Gasteiger partial charge in [0.2, 0.25) is 0 Å². The minimum absolute atomic E-state index is 0.0414. The second-order valence-corrected chi connectivity index (χ2v) is 5.77. The van der Waals surface area contributed by atoms with Crippen LogP contribution in [-0.2, 0) is 13.1 Å². The van der Waals surface area contributed by atoms with Crippen LogP contribution in [0, 0.1) is 0 Å². The first kappa shape index (κ1) is 14.6. The quantitative estimate of drug-likeness (QED) is 0.722. The number of nitrogens with zero attached hydrogens (tertiary/aromatic N) is 7. The van der Waals surface area contributed by atoms with E-state index in [4.69, 9.17) is 0 Å². The zero-order valence-corrected chi connectivity index (χ0v) is 13.3. The maximum absolute atomic E-state index is 12.7. The summed E-state index contributed by atoms with van der Waals surface area (Å²) in [6, 6.07) is 3.50. The van der Waals surface area contributed by atoms with Crippen molar-refractivity contribution in [3.8, 4) is 0 Å². The fourth-order valence-electron chi connectivity index (χ4n) is 3.11. The van der Waals surface area contributed by atoms with Crippen molar-refractivity contribution in [2.75, 3.05) is 6.54 Å². The minimum Gasteiger partial charge on any atom is -0.327 e. The van der Waals surface area contributed by atoms with Crippen molar-refractivity contribution in [1.29, 1.82) is 0 Å². The summed E-state index contributed by atoms with van der Waals surface area (Å²) in [6.45, 7) is 4.04. The lowest BCUT2D eigenvalue weighted by atomic mass is 10.1. The summed E-state index contributed by atoms with van der Waals surface area (Å²) in [7, 11) is 0. The normalized spacial score (nSPS) is 16.9. The summed E-state index contributed by atoms with van der Waals surface area (Å²) in [4.78, 5) is 19.1. The van der Waals surface area contributed by atoms with Gasteiger partial charge in [0.15, 0.2) is 0 Å². The largest absolute Gasteiger partial charge is 0.327 e. The van der Waals surface area contributed by atoms with Crippen LogP contribution in [0.4, 0.5) is 0 Å². The van der Waals surface area contributed by atoms with Crippen molar-refractivity contribution in [2.24, 2.45) is 0 Å². The van der Waals surface area contributed by atoms with Crippen LogP contribution in [0.1, 0.15) is 34.8 Å². The molecule has 122 valence electrons. The second-order valence-electron chi connectivity index (χ2n) is 5.77. The SMILES string of the molecule is CC1c2ncc(Cn3cccn3)n2CCN1C(=O)c1ccnnc1. The van der Waals surface area contributed by atoms with E-state index in [1.54, 1.807) is 12.3 Å². The monoisotopic (exact) mass is 323 g/mol. The molecule has 8 heteroatoms. The van der Waals surface area contributed by atoms with E-state index in [1.807, 2.05) is 35.0 Å². The number of carbonyl (C=O) groups is 1. The molecule has 8 nitrogen and oxygen atoms in total. The van der Waals surface area contributed by atoms with Crippen LogP contribution in [0.3, 0.4) is 0 Å². The summed E-state index contributed by atoms with van der Waals surface area (Å²) in [5.41, 5.74) is 1.65. The Hall–Kier alpha value is -3.03. The first-order chi connectivity index (χ1) is 11.7. The number of hydrogen-bond acceptors (Lipinski definition) is 5. The van der Waals surface area contributed by atoms with Crippen LogP contribution in [0.5, 0.6) is 0 Å². The Morgan fingerprint density at radius 1 is 1.25 bits per heavy atom. The number of aromatic nitrogens is 6. The van der Waals surface area contributed by atoms with E-state index in [-0.39, 0.29) is 11.9 Å². The molecule has 0 bridgehead atoms. The van der Waals surface area contributed by atoms with Crippen molar-refractivity contribution in [2.45, 2.75) is 26.1 Å². The predicted octanol–water partition coefficient (Wildman–Crippen LogP) is 1.13. The fourth-order valence-corrected chi connectivity index (χ4v) is 3.11. The molecule has 1 amide bonds. The summed E-state index contributed by atoms with van der Waals surface area (Å²) in [5.74, 6) is 0.860. The molecule has 1 atom stereocenters. The Morgan fingerprint density at radius 3 is 2.92 bits per heavy atom. The molecule has 0 fully saturated rings. The molecule has 0 radical (unpaired) electrons. The number of carbonyl (C=O) groups excluding carboxylic acids is 1. The van der Waals surface area contributed by atoms with E-state index in [0.717, 1.165) is 18.1 Å². The number of imidazole rings is 1. The Morgan fingerprint density at radius 2 is 2.17 bits per heavy atom. The van der Waals surface area contributed by atoms with Crippen molar-refractivity contribution >= 4 is 5.91 Å². The van der Waals surface area contributed by atoms with E-state index < -0.39 is 0 Å². The summed E-state index contributed by atoms with van der Waals surface area (Å²) in [5, 5.41) is 11.7. The van der Waals surface area contributed by atoms with Crippen molar-refractivity contribution in [3.05, 3.63) is 60.2 Å². The molecule has 4 rings (SSSR count). The highest BCUT2D eigenvalue weighted by Gasteiger charge is 2.30. The van der Waals surface area contributed by atoms with Gasteiger partial charge in [0, 0.05) is 25.5 Å². The molecule has 3 aromatic heterocycles. The lowest BCUT2D eigenvalue weighted by molar-refractivity contribution is 0.0635. The van der Waals surface area contributed by atoms with Crippen LogP contribution in [-0.4, -0.2) is 46.9 Å². The first-order valence-electron chi connectivity index (χ1n) is 7.83. The number of rotatable bonds is 3. The third kappa shape index (κ3) is 2.45. The van der Waals surface area contributed by atoms with Gasteiger partial charge in [0.05, 0.1) is 42.4 Å². The molecule has 1 unspecified atom stereocenters. The maximum Gasteiger partial charge on any atom is 0.256 e. The van der Waals surface area contributed by atoms with E-state index in [1.165, 1.54) is 12.4 Å². The lowest BCUT2D eigenvalue weighted by Gasteiger charge is -2.34. The van der Waals surface area contributed by atoms with Gasteiger partial charge in [-0.25, -0.2) is 4.98 Å². The van der Waals surface area contributed by atoms with Gasteiger partial charge >= 0.3 is 0 Å². The summed E-state index contributed by atoms with van der Waals surface area (Å²) in [6.07, 6.45) is 8.59. The highest BCUT2D eigenvalue weighted by Crippen LogP contribution is 2.26. The van der Waals surface area contributed by atoms with Crippen LogP contribution in [0.25, 0.3) is 0 Å². The smallest absolute Gasteiger partial charge is 0.256 e. The van der Waals surface area contributed by atoms with Crippen LogP contribution in [0.15, 0.2) is 43.1 Å². The van der Waals surface area contributed by atoms with Gasteiger partial charge in [0.25, 0.3) is 5.91 Å². The second kappa shape index (κ2) is 5.88. The fraction of sp³-hybridized carbons (Fsp3) is 0.312. The van der Waals surface area contributed by atoms with E-state index >= 15 is 0 Å². The van der Waals surface area contributed by atoms with Crippen LogP contribution >= 0.6 is 0 Å². The van der Waals surface area contributed by atoms with Crippen molar-refractivity contribution in [1.82, 2.24) is 34.4 Å². The topological polar surface area (TPSA) is 81.7 Å². The van der Waals surface area contributed by atoms with Crippen molar-refractivity contribution in [3.63, 3.8) is 0 Å². The average molecular weight is 323 g/mol. The number of hydrogen-bond donors (Lipinski definition) is 0. The summed E-state index contributed by atoms with van der Waals surface area (Å²) < 4.78 is 4.05. The highest BCUT2D eigenvalue weighted by atomic mass is 16.2. The molecule has 1 aliphatic rings. The maximum atomic E-state index is 12.7. The first-order valence-corrected chi connectivity index (χ1v) is 7.83. The average Bonchev–Trinajstić information content (AvgIpc) is 3.27. The molecule has 4 heterocycles. The Balaban J connectivity index is 1.58. The van der Waals surface area contributed by atoms with Crippen LogP contribution in [0.2, 0.25) is 0 Å². The molecule has 0 aliphatic carbocycles. The van der Waals surface area contributed by atoms with E-state index in [0.29, 0.717) is 18.7 Å². The van der Waals surface area contributed by atoms with Crippen molar-refractivity contribution < 1.29 is 4.79 Å². The molecule has 24 heavy (non-hydrogen) atoms. The summed E-state index contributed by atoms with van der Waals surface area (Å²) >= 11 is 0.